The minimum absolute atomic E-state index is 0. The second kappa shape index (κ2) is 20.1. The minimum atomic E-state index is -3.31. The Kier molecular flexibility index (Phi) is 26.3. The summed E-state index contributed by atoms with van der Waals surface area (Å²) >= 11 is 0. The number of rotatable bonds is 12. The number of esters is 1. The van der Waals surface area contributed by atoms with Crippen LogP contribution < -0.4 is 110 Å². The van der Waals surface area contributed by atoms with Crippen LogP contribution in [0.3, 0.4) is 0 Å². The summed E-state index contributed by atoms with van der Waals surface area (Å²) in [6.07, 6.45) is -6.47. The molecule has 0 bridgehead atoms. The van der Waals surface area contributed by atoms with E-state index >= 15 is 0 Å². The first-order valence-electron chi connectivity index (χ1n) is 7.47. The maximum absolute atomic E-state index is 11.7. The van der Waals surface area contributed by atoms with Crippen molar-refractivity contribution in [1.82, 2.24) is 0 Å². The van der Waals surface area contributed by atoms with E-state index in [0.29, 0.717) is 6.54 Å². The topological polar surface area (TPSA) is 288 Å². The molecule has 0 saturated heterocycles. The smallest absolute Gasteiger partial charge is 0.550 e. The van der Waals surface area contributed by atoms with E-state index in [1.807, 2.05) is 0 Å². The van der Waals surface area contributed by atoms with Gasteiger partial charge in [-0.2, -0.15) is 0 Å². The van der Waals surface area contributed by atoms with Crippen molar-refractivity contribution in [3.63, 3.8) is 0 Å². The summed E-state index contributed by atoms with van der Waals surface area (Å²) in [5.41, 5.74) is -1.75. The molecule has 32 heavy (non-hydrogen) atoms. The number of carboxylic acid groups (broad SMARTS) is 5. The summed E-state index contributed by atoms with van der Waals surface area (Å²) in [4.78, 5) is 65.3. The van der Waals surface area contributed by atoms with E-state index in [1.165, 1.54) is 0 Å². The van der Waals surface area contributed by atoms with Crippen molar-refractivity contribution in [2.45, 2.75) is 36.9 Å². The van der Waals surface area contributed by atoms with E-state index in [-0.39, 0.29) is 95.3 Å². The molecule has 0 aromatic rings. The van der Waals surface area contributed by atoms with Crippen LogP contribution >= 0.6 is 0 Å². The second-order valence-electron chi connectivity index (χ2n) is 5.45. The van der Waals surface area contributed by atoms with Crippen LogP contribution in [0.25, 0.3) is 0 Å². The molecule has 0 aromatic heterocycles. The number of aliphatic hydroxyl groups is 2. The molecule has 6 N–H and O–H groups in total. The van der Waals surface area contributed by atoms with Crippen LogP contribution in [-0.2, 0) is 33.5 Å². The molecule has 0 aromatic carbocycles. The van der Waals surface area contributed by atoms with Crippen molar-refractivity contribution < 1.29 is 158 Å². The summed E-state index contributed by atoms with van der Waals surface area (Å²) < 4.78 is 4.19. The van der Waals surface area contributed by atoms with Gasteiger partial charge in [0.25, 0.3) is 0 Å². The molecule has 1 atom stereocenters. The summed E-state index contributed by atoms with van der Waals surface area (Å²) in [6.45, 7) is 0.472. The van der Waals surface area contributed by atoms with Gasteiger partial charge >= 0.3 is 107 Å². The molecule has 0 aliphatic rings. The molecule has 0 rings (SSSR count). The van der Waals surface area contributed by atoms with E-state index in [0.717, 1.165) is 0 Å². The number of hydrogen-bond donors (Lipinski definition) is 5. The summed E-state index contributed by atoms with van der Waals surface area (Å²) in [5.74, 6) is -12.7. The maximum Gasteiger partial charge on any atom is 1.00 e. The van der Waals surface area contributed by atoms with Crippen molar-refractivity contribution in [3.8, 4) is 0 Å². The molecule has 1 unspecified atom stereocenters. The number of aliphatic carboxylic acids is 5. The maximum atomic E-state index is 11.7. The third kappa shape index (κ3) is 17.2. The average Bonchev–Trinajstić information content (AvgIpc) is 2.52. The van der Waals surface area contributed by atoms with Crippen molar-refractivity contribution >= 4 is 35.8 Å². The Balaban J connectivity index is -0.000000318. The fourth-order valence-corrected chi connectivity index (χ4v) is 1.74. The van der Waals surface area contributed by atoms with Crippen LogP contribution in [0, 0.1) is 0 Å². The first kappa shape index (κ1) is 41.9. The number of nitrogens with two attached hydrogens (primary N) is 1. The van der Waals surface area contributed by atoms with Gasteiger partial charge in [-0.25, -0.2) is 4.79 Å². The molecular formula is C14H18NNa3O14. The Morgan fingerprint density at radius 2 is 1.19 bits per heavy atom. The molecule has 0 heterocycles. The molecule has 0 radical (unpaired) electrons. The van der Waals surface area contributed by atoms with Crippen LogP contribution in [0.4, 0.5) is 0 Å². The first-order valence-corrected chi connectivity index (χ1v) is 7.47. The Morgan fingerprint density at radius 3 is 1.41 bits per heavy atom. The molecule has 0 aliphatic carbocycles. The number of ether oxygens (including phenoxy) is 1. The zero-order valence-electron chi connectivity index (χ0n) is 17.7. The van der Waals surface area contributed by atoms with Crippen LogP contribution in [0.1, 0.15) is 25.7 Å². The molecule has 0 spiro atoms. The van der Waals surface area contributed by atoms with Gasteiger partial charge in [-0.05, 0) is 0 Å². The van der Waals surface area contributed by atoms with Crippen LogP contribution in [0.15, 0.2) is 0 Å². The van der Waals surface area contributed by atoms with E-state index < -0.39 is 72.7 Å². The minimum Gasteiger partial charge on any atom is -0.550 e. The van der Waals surface area contributed by atoms with E-state index in [4.69, 9.17) is 21.1 Å². The fraction of sp³-hybridized carbons (Fsp3) is 0.571. The number of carboxylic acids is 5. The van der Waals surface area contributed by atoms with Gasteiger partial charge in [-0.3, -0.25) is 9.59 Å². The zero-order valence-corrected chi connectivity index (χ0v) is 23.7. The van der Waals surface area contributed by atoms with Gasteiger partial charge in [0, 0.05) is 31.3 Å². The third-order valence-electron chi connectivity index (χ3n) is 2.95. The van der Waals surface area contributed by atoms with E-state index in [9.17, 15) is 49.2 Å². The molecule has 15 nitrogen and oxygen atoms in total. The Labute approximate surface area is 247 Å². The molecule has 18 heteroatoms. The van der Waals surface area contributed by atoms with Crippen LogP contribution in [0.2, 0.25) is 0 Å². The summed E-state index contributed by atoms with van der Waals surface area (Å²) in [6, 6.07) is 0. The second-order valence-corrected chi connectivity index (χ2v) is 5.45. The molecule has 0 amide bonds. The van der Waals surface area contributed by atoms with Crippen molar-refractivity contribution in [3.05, 3.63) is 0 Å². The van der Waals surface area contributed by atoms with Gasteiger partial charge < -0.3 is 60.6 Å². The summed E-state index contributed by atoms with van der Waals surface area (Å²) in [5, 5.41) is 66.9. The van der Waals surface area contributed by atoms with Crippen LogP contribution in [0.5, 0.6) is 0 Å². The van der Waals surface area contributed by atoms with E-state index in [1.54, 1.807) is 0 Å². The molecule has 0 saturated carbocycles. The van der Waals surface area contributed by atoms with Gasteiger partial charge in [-0.15, -0.1) is 0 Å². The third-order valence-corrected chi connectivity index (χ3v) is 2.95. The predicted octanol–water partition coefficient (Wildman–Crippen LogP) is -16.1. The van der Waals surface area contributed by atoms with Gasteiger partial charge in [0.05, 0.1) is 25.4 Å². The van der Waals surface area contributed by atoms with Gasteiger partial charge in [0.2, 0.25) is 0 Å². The van der Waals surface area contributed by atoms with Gasteiger partial charge in [-0.1, -0.05) is 0 Å². The number of carbonyl (C=O) groups excluding carboxylic acids is 4. The quantitative estimate of drug-likeness (QED) is 0.125. The monoisotopic (exact) mass is 493 g/mol. The number of carbonyl (C=O) groups is 6. The fourth-order valence-electron chi connectivity index (χ4n) is 1.74. The van der Waals surface area contributed by atoms with Gasteiger partial charge in [0.15, 0.2) is 11.2 Å². The first-order chi connectivity index (χ1) is 13.2. The number of hydrogen-bond acceptors (Lipinski definition) is 13. The average molecular weight is 493 g/mol. The Bertz CT molecular complexity index is 641. The van der Waals surface area contributed by atoms with Gasteiger partial charge in [0.1, 0.15) is 0 Å². The molecular weight excluding hydrogens is 475 g/mol. The number of aliphatic hydroxyl groups excluding tert-OH is 1. The Hall–Kier alpha value is -0.300. The molecule has 166 valence electrons. The van der Waals surface area contributed by atoms with Crippen molar-refractivity contribution in [1.29, 1.82) is 0 Å². The van der Waals surface area contributed by atoms with E-state index in [2.05, 4.69) is 4.74 Å². The Morgan fingerprint density at radius 1 is 0.812 bits per heavy atom. The van der Waals surface area contributed by atoms with Crippen molar-refractivity contribution in [2.75, 3.05) is 13.2 Å². The SMILES string of the molecule is NCCO.O=C([O-])CC(CC(=O)[O-])(OC(=O)CC(O)(CC(=O)O)C(=O)O)C(=O)[O-].[Na+].[Na+].[Na+]. The standard InChI is InChI=1S/C12H14O13.C2H7NO.3Na/c13-5(14)1-11(24,9(20)21)4-8(19)25-12(10(22)23,2-6(15)16)3-7(17)18;3-1-2-4;;;/h24H,1-4H2,(H,13,14)(H,15,16)(H,17,18)(H,20,21)(H,22,23);4H,1-3H2;;;/q;;3*+1/p-3. The predicted molar refractivity (Wildman–Crippen MR) is 78.7 cm³/mol. The van der Waals surface area contributed by atoms with Crippen molar-refractivity contribution in [2.24, 2.45) is 5.73 Å². The zero-order chi connectivity index (χ0) is 23.4. The molecule has 0 aliphatic heterocycles. The van der Waals surface area contributed by atoms with Crippen LogP contribution in [-0.4, -0.2) is 80.6 Å². The normalized spacial score (nSPS) is 11.3. The largest absolute Gasteiger partial charge is 1.00 e. The summed E-state index contributed by atoms with van der Waals surface area (Å²) in [7, 11) is 0. The molecule has 0 fully saturated rings.